The van der Waals surface area contributed by atoms with Crippen LogP contribution in [0, 0.1) is 11.6 Å². The molecule has 1 amide bonds. The first-order valence-corrected chi connectivity index (χ1v) is 11.3. The Morgan fingerprint density at radius 1 is 1.29 bits per heavy atom. The number of thiazole rings is 1. The van der Waals surface area contributed by atoms with E-state index >= 15 is 0 Å². The van der Waals surface area contributed by atoms with E-state index in [9.17, 15) is 33.4 Å². The number of hydrogen-bond donors (Lipinski definition) is 2. The second-order valence-electron chi connectivity index (χ2n) is 8.32. The third kappa shape index (κ3) is 4.30. The van der Waals surface area contributed by atoms with Gasteiger partial charge in [-0.3, -0.25) is 14.4 Å². The lowest BCUT2D eigenvalue weighted by molar-refractivity contribution is -0.138. The average Bonchev–Trinajstić information content (AvgIpc) is 3.22. The van der Waals surface area contributed by atoms with Crippen molar-refractivity contribution in [3.05, 3.63) is 68.6 Å². The van der Waals surface area contributed by atoms with E-state index in [-0.39, 0.29) is 47.3 Å². The van der Waals surface area contributed by atoms with Gasteiger partial charge in [-0.05, 0) is 25.5 Å². The molecule has 1 unspecified atom stereocenters. The lowest BCUT2D eigenvalue weighted by atomic mass is 10.0. The maximum absolute atomic E-state index is 14.0. The van der Waals surface area contributed by atoms with Crippen molar-refractivity contribution < 1.29 is 28.6 Å². The summed E-state index contributed by atoms with van der Waals surface area (Å²) in [6.45, 7) is 3.62. The molecule has 0 radical (unpaired) electrons. The minimum Gasteiger partial charge on any atom is -0.503 e. The van der Waals surface area contributed by atoms with Crippen molar-refractivity contribution in [2.24, 2.45) is 0 Å². The lowest BCUT2D eigenvalue weighted by Crippen LogP contribution is -2.48. The van der Waals surface area contributed by atoms with Crippen LogP contribution in [0.5, 0.6) is 5.75 Å². The highest BCUT2D eigenvalue weighted by Gasteiger charge is 2.37. The monoisotopic (exact) mass is 489 g/mol. The molecule has 2 N–H and O–H groups in total. The Balaban J connectivity index is 1.76. The molecule has 0 bridgehead atoms. The maximum atomic E-state index is 14.0. The predicted octanol–water partition coefficient (Wildman–Crippen LogP) is 3.43. The van der Waals surface area contributed by atoms with E-state index in [1.54, 1.807) is 13.8 Å². The summed E-state index contributed by atoms with van der Waals surface area (Å²) in [6.07, 6.45) is 2.59. The number of pyridine rings is 1. The van der Waals surface area contributed by atoms with Crippen LogP contribution in [-0.4, -0.2) is 49.1 Å². The molecule has 0 aliphatic carbocycles. The zero-order valence-electron chi connectivity index (χ0n) is 18.3. The molecule has 2 aromatic heterocycles. The normalized spacial score (nSPS) is 15.6. The van der Waals surface area contributed by atoms with Gasteiger partial charge in [0.15, 0.2) is 11.4 Å². The van der Waals surface area contributed by atoms with Crippen molar-refractivity contribution in [3.8, 4) is 16.3 Å². The van der Waals surface area contributed by atoms with Gasteiger partial charge in [-0.2, -0.15) is 0 Å². The molecule has 0 saturated heterocycles. The fourth-order valence-corrected chi connectivity index (χ4v) is 4.92. The number of rotatable bonds is 6. The molecule has 0 saturated carbocycles. The highest BCUT2D eigenvalue weighted by Crippen LogP contribution is 2.33. The summed E-state index contributed by atoms with van der Waals surface area (Å²) in [7, 11) is 0. The van der Waals surface area contributed by atoms with E-state index in [0.29, 0.717) is 4.88 Å². The minimum absolute atomic E-state index is 0.00161. The fourth-order valence-electron chi connectivity index (χ4n) is 3.98. The first-order valence-electron chi connectivity index (χ1n) is 10.5. The first kappa shape index (κ1) is 23.6. The van der Waals surface area contributed by atoms with Gasteiger partial charge in [0.1, 0.15) is 16.6 Å². The number of aromatic hydroxyl groups is 1. The smallest absolute Gasteiger partial charge is 0.305 e. The predicted molar refractivity (Wildman–Crippen MR) is 120 cm³/mol. The van der Waals surface area contributed by atoms with Crippen molar-refractivity contribution in [1.29, 1.82) is 0 Å². The van der Waals surface area contributed by atoms with Crippen molar-refractivity contribution in [1.82, 2.24) is 14.5 Å². The van der Waals surface area contributed by atoms with E-state index < -0.39 is 40.7 Å². The van der Waals surface area contributed by atoms with Crippen LogP contribution in [0.1, 0.15) is 47.2 Å². The van der Waals surface area contributed by atoms with Gasteiger partial charge in [-0.25, -0.2) is 13.8 Å². The largest absolute Gasteiger partial charge is 0.503 e. The van der Waals surface area contributed by atoms with E-state index in [1.807, 2.05) is 0 Å². The van der Waals surface area contributed by atoms with Gasteiger partial charge in [0.05, 0.1) is 18.0 Å². The summed E-state index contributed by atoms with van der Waals surface area (Å²) in [5.74, 6) is -3.82. The van der Waals surface area contributed by atoms with Crippen LogP contribution in [0.3, 0.4) is 0 Å². The Bertz CT molecular complexity index is 1350. The van der Waals surface area contributed by atoms with Gasteiger partial charge in [-0.1, -0.05) is 6.07 Å². The lowest BCUT2D eigenvalue weighted by Gasteiger charge is -2.38. The number of benzene rings is 1. The summed E-state index contributed by atoms with van der Waals surface area (Å²) < 4.78 is 28.5. The van der Waals surface area contributed by atoms with E-state index in [0.717, 1.165) is 23.5 Å². The highest BCUT2D eigenvalue weighted by molar-refractivity contribution is 7.15. The minimum atomic E-state index is -1.09. The number of halogens is 2. The molecular weight excluding hydrogens is 468 g/mol. The Morgan fingerprint density at radius 3 is 2.68 bits per heavy atom. The quantitative estimate of drug-likeness (QED) is 0.549. The Labute approximate surface area is 196 Å². The highest BCUT2D eigenvalue weighted by atomic mass is 32.1. The van der Waals surface area contributed by atoms with Gasteiger partial charge in [-0.15, -0.1) is 11.3 Å². The van der Waals surface area contributed by atoms with Crippen LogP contribution in [0.25, 0.3) is 10.6 Å². The molecule has 1 aromatic carbocycles. The van der Waals surface area contributed by atoms with Gasteiger partial charge >= 0.3 is 5.97 Å². The number of hydrogen-bond acceptors (Lipinski definition) is 6. The van der Waals surface area contributed by atoms with Crippen LogP contribution < -0.4 is 5.43 Å². The van der Waals surface area contributed by atoms with Crippen LogP contribution in [0.15, 0.2) is 35.4 Å². The number of nitrogens with zero attached hydrogens (tertiary/aromatic N) is 3. The zero-order valence-corrected chi connectivity index (χ0v) is 19.1. The second-order valence-corrected chi connectivity index (χ2v) is 9.44. The Morgan fingerprint density at radius 2 is 2.03 bits per heavy atom. The summed E-state index contributed by atoms with van der Waals surface area (Å²) in [5.41, 5.74) is -0.820. The molecule has 1 aliphatic rings. The third-order valence-corrected chi connectivity index (χ3v) is 6.70. The maximum Gasteiger partial charge on any atom is 0.305 e. The van der Waals surface area contributed by atoms with Crippen molar-refractivity contribution >= 4 is 23.2 Å². The molecule has 3 aromatic rings. The van der Waals surface area contributed by atoms with E-state index in [2.05, 4.69) is 4.98 Å². The molecule has 178 valence electrons. The third-order valence-electron chi connectivity index (χ3n) is 5.67. The number of carbonyl (C=O) groups is 2. The average molecular weight is 490 g/mol. The van der Waals surface area contributed by atoms with Crippen LogP contribution >= 0.6 is 11.3 Å². The first-order chi connectivity index (χ1) is 16.1. The van der Waals surface area contributed by atoms with Crippen LogP contribution in [-0.2, 0) is 11.2 Å². The fraction of sp³-hybridized carbons (Fsp3) is 0.304. The van der Waals surface area contributed by atoms with Gasteiger partial charge in [0.25, 0.3) is 5.91 Å². The van der Waals surface area contributed by atoms with Crippen LogP contribution in [0.4, 0.5) is 8.78 Å². The van der Waals surface area contributed by atoms with Gasteiger partial charge < -0.3 is 19.7 Å². The number of carbonyl (C=O) groups excluding carboxylic acids is 1. The number of aliphatic carboxylic acids is 1. The number of carboxylic acids is 1. The summed E-state index contributed by atoms with van der Waals surface area (Å²) in [6, 6.07) is 2.29. The van der Waals surface area contributed by atoms with Crippen molar-refractivity contribution in [3.63, 3.8) is 0 Å². The SMILES string of the molecule is CC(C)N1CC(CC(=O)O)n2cc(-c3ncc(Cc4ccc(F)cc4F)s3)c(=O)c(O)c2C1=O. The summed E-state index contributed by atoms with van der Waals surface area (Å²) in [4.78, 5) is 43.6. The summed E-state index contributed by atoms with van der Waals surface area (Å²) in [5, 5.41) is 20.3. The summed E-state index contributed by atoms with van der Waals surface area (Å²) >= 11 is 1.08. The molecule has 1 atom stereocenters. The molecule has 8 nitrogen and oxygen atoms in total. The van der Waals surface area contributed by atoms with Crippen LogP contribution in [0.2, 0.25) is 0 Å². The molecule has 34 heavy (non-hydrogen) atoms. The molecule has 3 heterocycles. The molecule has 0 spiro atoms. The number of aromatic nitrogens is 2. The molecule has 11 heteroatoms. The van der Waals surface area contributed by atoms with Gasteiger partial charge in [0, 0.05) is 42.3 Å². The second kappa shape index (κ2) is 8.98. The Hall–Kier alpha value is -3.60. The number of carboxylic acid groups (broad SMARTS) is 1. The molecule has 4 rings (SSSR count). The number of fused-ring (bicyclic) bond motifs is 1. The van der Waals surface area contributed by atoms with Crippen molar-refractivity contribution in [2.75, 3.05) is 6.54 Å². The molecule has 0 fully saturated rings. The molecule has 1 aliphatic heterocycles. The number of amides is 1. The topological polar surface area (TPSA) is 113 Å². The van der Waals surface area contributed by atoms with Crippen molar-refractivity contribution in [2.45, 2.75) is 38.8 Å². The molecular formula is C23H21F2N3O5S. The zero-order chi connectivity index (χ0) is 24.7. The van der Waals surface area contributed by atoms with E-state index in [4.69, 9.17) is 0 Å². The van der Waals surface area contributed by atoms with Gasteiger partial charge in [0.2, 0.25) is 5.43 Å². The Kier molecular flexibility index (Phi) is 6.22. The standard InChI is InChI=1S/C23H21F2N3O5S/c1-11(2)27-9-14(7-18(29)30)28-10-16(20(31)21(32)19(28)23(27)33)22-26-8-15(34-22)5-12-3-4-13(24)6-17(12)25/h3-4,6,8,10-11,14,32H,5,7,9H2,1-2H3,(H,29,30). The van der Waals surface area contributed by atoms with E-state index in [1.165, 1.54) is 27.9 Å².